The molecule has 0 bridgehead atoms. The molecule has 1 fully saturated rings. The Kier molecular flexibility index (Phi) is 8.46. The van der Waals surface area contributed by atoms with Crippen LogP contribution in [0.3, 0.4) is 0 Å². The van der Waals surface area contributed by atoms with Gasteiger partial charge in [0, 0.05) is 18.8 Å². The fourth-order valence-electron chi connectivity index (χ4n) is 6.42. The third-order valence-corrected chi connectivity index (χ3v) is 8.62. The summed E-state index contributed by atoms with van der Waals surface area (Å²) in [5, 5.41) is 13.7. The van der Waals surface area contributed by atoms with Crippen molar-refractivity contribution in [3.63, 3.8) is 0 Å². The van der Waals surface area contributed by atoms with E-state index >= 15 is 0 Å². The highest BCUT2D eigenvalue weighted by molar-refractivity contribution is 5.76. The Morgan fingerprint density at radius 3 is 2.92 bits per heavy atom. The van der Waals surface area contributed by atoms with Crippen LogP contribution in [-0.4, -0.2) is 46.7 Å². The first-order valence-electron chi connectivity index (χ1n) is 14.4. The number of carbonyl (C=O) groups is 1. The molecule has 0 aliphatic carbocycles. The number of carboxylic acids is 1. The van der Waals surface area contributed by atoms with Crippen LogP contribution in [0.2, 0.25) is 0 Å². The number of aromatic nitrogens is 1. The molecule has 37 heavy (non-hydrogen) atoms. The van der Waals surface area contributed by atoms with E-state index < -0.39 is 12.0 Å². The lowest BCUT2D eigenvalue weighted by molar-refractivity contribution is -0.143. The van der Waals surface area contributed by atoms with Crippen LogP contribution in [0.15, 0.2) is 30.3 Å². The molecule has 2 unspecified atom stereocenters. The number of anilines is 1. The highest BCUT2D eigenvalue weighted by Gasteiger charge is 2.36. The Labute approximate surface area is 221 Å². The average Bonchev–Trinajstić information content (AvgIpc) is 3.36. The van der Waals surface area contributed by atoms with Gasteiger partial charge in [0.25, 0.3) is 0 Å². The van der Waals surface area contributed by atoms with Crippen molar-refractivity contribution in [1.29, 1.82) is 0 Å². The molecule has 6 heteroatoms. The number of ether oxygens (including phenoxy) is 1. The first-order valence-corrected chi connectivity index (χ1v) is 14.4. The largest absolute Gasteiger partial charge is 0.480 e. The van der Waals surface area contributed by atoms with Gasteiger partial charge in [-0.25, -0.2) is 4.98 Å². The summed E-state index contributed by atoms with van der Waals surface area (Å²) in [6, 6.07) is 10.0. The van der Waals surface area contributed by atoms with Crippen molar-refractivity contribution in [3.05, 3.63) is 58.3 Å². The molecule has 0 radical (unpaired) electrons. The summed E-state index contributed by atoms with van der Waals surface area (Å²) in [5.41, 5.74) is 5.88. The minimum absolute atomic E-state index is 0.155. The fourth-order valence-corrected chi connectivity index (χ4v) is 6.42. The van der Waals surface area contributed by atoms with Gasteiger partial charge < -0.3 is 15.2 Å². The number of hydrogen-bond acceptors (Lipinski definition) is 5. The van der Waals surface area contributed by atoms with E-state index in [4.69, 9.17) is 9.72 Å². The monoisotopic (exact) mass is 505 g/mol. The maximum absolute atomic E-state index is 12.5. The predicted molar refractivity (Wildman–Crippen MR) is 147 cm³/mol. The fraction of sp³-hybridized carbons (Fsp3) is 0.613. The van der Waals surface area contributed by atoms with Gasteiger partial charge in [-0.3, -0.25) is 9.69 Å². The van der Waals surface area contributed by atoms with Crippen molar-refractivity contribution in [3.8, 4) is 0 Å². The number of nitrogens with one attached hydrogen (secondary N) is 1. The summed E-state index contributed by atoms with van der Waals surface area (Å²) in [4.78, 5) is 19.6. The van der Waals surface area contributed by atoms with Gasteiger partial charge in [0.05, 0.1) is 12.7 Å². The predicted octanol–water partition coefficient (Wildman–Crippen LogP) is 5.79. The molecule has 3 atom stereocenters. The summed E-state index contributed by atoms with van der Waals surface area (Å²) in [6.07, 6.45) is 10.2. The van der Waals surface area contributed by atoms with Crippen LogP contribution in [0.1, 0.15) is 86.4 Å². The number of fused-ring (bicyclic) bond motifs is 2. The lowest BCUT2D eigenvalue weighted by atomic mass is 9.87. The first kappa shape index (κ1) is 26.2. The molecule has 3 aliphatic heterocycles. The molecule has 6 nitrogen and oxygen atoms in total. The van der Waals surface area contributed by atoms with E-state index in [1.807, 2.05) is 12.1 Å². The highest BCUT2D eigenvalue weighted by atomic mass is 16.5. The number of carboxylic acid groups (broad SMARTS) is 1. The van der Waals surface area contributed by atoms with Gasteiger partial charge in [-0.15, -0.1) is 0 Å². The van der Waals surface area contributed by atoms with Crippen molar-refractivity contribution >= 4 is 11.8 Å². The van der Waals surface area contributed by atoms with E-state index in [-0.39, 0.29) is 6.10 Å². The molecule has 200 valence electrons. The number of aliphatic carboxylic acids is 1. The number of hydrogen-bond donors (Lipinski definition) is 2. The van der Waals surface area contributed by atoms with Crippen molar-refractivity contribution < 1.29 is 14.6 Å². The molecular formula is C31H43N3O3. The number of unbranched alkanes of at least 4 members (excludes halogenated alkanes) is 2. The average molecular weight is 506 g/mol. The second kappa shape index (κ2) is 12.0. The minimum Gasteiger partial charge on any atom is -0.480 e. The molecule has 1 saturated heterocycles. The summed E-state index contributed by atoms with van der Waals surface area (Å²) in [6.45, 7) is 7.71. The molecule has 4 heterocycles. The van der Waals surface area contributed by atoms with Crippen molar-refractivity contribution in [2.45, 2.75) is 90.4 Å². The minimum atomic E-state index is -0.728. The maximum Gasteiger partial charge on any atom is 0.325 e. The van der Waals surface area contributed by atoms with Crippen LogP contribution < -0.4 is 5.32 Å². The summed E-state index contributed by atoms with van der Waals surface area (Å²) in [5.74, 6) is 1.36. The zero-order valence-electron chi connectivity index (χ0n) is 22.5. The smallest absolute Gasteiger partial charge is 0.325 e. The normalized spacial score (nSPS) is 22.4. The molecule has 3 aliphatic rings. The van der Waals surface area contributed by atoms with Gasteiger partial charge in [-0.1, -0.05) is 51.0 Å². The molecular weight excluding hydrogens is 462 g/mol. The number of aryl methyl sites for hydroxylation is 2. The van der Waals surface area contributed by atoms with Gasteiger partial charge >= 0.3 is 5.97 Å². The zero-order valence-corrected chi connectivity index (χ0v) is 22.5. The van der Waals surface area contributed by atoms with Gasteiger partial charge in [0.1, 0.15) is 11.9 Å². The third-order valence-electron chi connectivity index (χ3n) is 8.62. The van der Waals surface area contributed by atoms with Gasteiger partial charge in [0.15, 0.2) is 0 Å². The molecule has 5 rings (SSSR count). The summed E-state index contributed by atoms with van der Waals surface area (Å²) < 4.78 is 6.05. The van der Waals surface area contributed by atoms with E-state index in [0.717, 1.165) is 68.7 Å². The Balaban J connectivity index is 1.13. The molecule has 0 spiro atoms. The standard InChI is InChI=1S/C31H43N3O3/c1-21(2)28-18-27-24(20-37-28)9-6-12-26(27)29(31(35)36)34-17-15-22(19-34)8-4-3-5-11-25-14-13-23-10-7-16-32-30(23)33-25/h6,9,12-14,21-22,28-29H,3-5,7-8,10-11,15-20H2,1-2H3,(H,32,33)(H,35,36)/t22-,28?,29?/m1/s1. The molecule has 0 amide bonds. The molecule has 0 saturated carbocycles. The zero-order chi connectivity index (χ0) is 25.8. The quantitative estimate of drug-likeness (QED) is 0.398. The molecule has 1 aromatic carbocycles. The van der Waals surface area contributed by atoms with Gasteiger partial charge in [0.2, 0.25) is 0 Å². The van der Waals surface area contributed by atoms with Crippen LogP contribution >= 0.6 is 0 Å². The number of nitrogens with zero attached hydrogens (tertiary/aromatic N) is 2. The van der Waals surface area contributed by atoms with Crippen molar-refractivity contribution in [2.75, 3.05) is 25.0 Å². The number of likely N-dealkylation sites (tertiary alicyclic amines) is 1. The number of rotatable bonds is 10. The second-order valence-corrected chi connectivity index (χ2v) is 11.6. The Morgan fingerprint density at radius 2 is 2.08 bits per heavy atom. The van der Waals surface area contributed by atoms with E-state index in [1.165, 1.54) is 42.5 Å². The Hall–Kier alpha value is -2.44. The molecule has 2 N–H and O–H groups in total. The SMILES string of the molecule is CC(C)C1Cc2c(cccc2C(C(=O)O)N2CC[C@@H](CCCCCc3ccc4c(n3)NCCC4)C2)CO1. The Morgan fingerprint density at radius 1 is 1.19 bits per heavy atom. The van der Waals surface area contributed by atoms with Crippen LogP contribution in [-0.2, 0) is 35.4 Å². The Bertz CT molecular complexity index is 1090. The van der Waals surface area contributed by atoms with E-state index in [9.17, 15) is 9.90 Å². The van der Waals surface area contributed by atoms with Gasteiger partial charge in [-0.05, 0) is 91.6 Å². The summed E-state index contributed by atoms with van der Waals surface area (Å²) in [7, 11) is 0. The van der Waals surface area contributed by atoms with Gasteiger partial charge in [-0.2, -0.15) is 0 Å². The number of benzene rings is 1. The van der Waals surface area contributed by atoms with Crippen LogP contribution in [0.25, 0.3) is 0 Å². The van der Waals surface area contributed by atoms with Crippen LogP contribution in [0, 0.1) is 11.8 Å². The van der Waals surface area contributed by atoms with E-state index in [1.54, 1.807) is 0 Å². The van der Waals surface area contributed by atoms with E-state index in [0.29, 0.717) is 18.4 Å². The topological polar surface area (TPSA) is 74.7 Å². The third kappa shape index (κ3) is 6.18. The number of pyridine rings is 1. The van der Waals surface area contributed by atoms with E-state index in [2.05, 4.69) is 42.3 Å². The lowest BCUT2D eigenvalue weighted by Gasteiger charge is -2.33. The maximum atomic E-state index is 12.5. The lowest BCUT2D eigenvalue weighted by Crippen LogP contribution is -2.35. The second-order valence-electron chi connectivity index (χ2n) is 11.6. The molecule has 2 aromatic rings. The van der Waals surface area contributed by atoms with Crippen molar-refractivity contribution in [2.24, 2.45) is 11.8 Å². The first-order chi connectivity index (χ1) is 18.0. The molecule has 1 aromatic heterocycles. The highest BCUT2D eigenvalue weighted by Crippen LogP contribution is 2.36. The van der Waals surface area contributed by atoms with Crippen LogP contribution in [0.4, 0.5) is 5.82 Å². The summed E-state index contributed by atoms with van der Waals surface area (Å²) >= 11 is 0. The van der Waals surface area contributed by atoms with Crippen molar-refractivity contribution in [1.82, 2.24) is 9.88 Å². The van der Waals surface area contributed by atoms with Crippen LogP contribution in [0.5, 0.6) is 0 Å².